The fourth-order valence-electron chi connectivity index (χ4n) is 1.77. The first-order valence-corrected chi connectivity index (χ1v) is 6.42. The highest BCUT2D eigenvalue weighted by Crippen LogP contribution is 2.15. The second-order valence-electron chi connectivity index (χ2n) is 4.10. The number of hydrogen-bond donors (Lipinski definition) is 4. The highest BCUT2D eigenvalue weighted by Gasteiger charge is 2.06. The molecule has 0 aliphatic rings. The van der Waals surface area contributed by atoms with Crippen LogP contribution in [0.3, 0.4) is 0 Å². The third-order valence-electron chi connectivity index (χ3n) is 2.69. The maximum atomic E-state index is 10.5. The Labute approximate surface area is 119 Å². The third kappa shape index (κ3) is 6.63. The van der Waals surface area contributed by atoms with E-state index >= 15 is 0 Å². The summed E-state index contributed by atoms with van der Waals surface area (Å²) in [7, 11) is 1.00. The van der Waals surface area contributed by atoms with Gasteiger partial charge in [-0.15, -0.1) is 0 Å². The summed E-state index contributed by atoms with van der Waals surface area (Å²) in [4.78, 5) is 12.4. The van der Waals surface area contributed by atoms with E-state index < -0.39 is 6.04 Å². The van der Waals surface area contributed by atoms with Gasteiger partial charge in [-0.3, -0.25) is 0 Å². The Kier molecular flexibility index (Phi) is 10.5. The Hall–Kier alpha value is -1.47. The quantitative estimate of drug-likeness (QED) is 0.464. The maximum Gasteiger partial charge on any atom is 0.137 e. The van der Waals surface area contributed by atoms with E-state index in [4.69, 9.17) is 21.1 Å². The lowest BCUT2D eigenvalue weighted by atomic mass is 10.1. The molecule has 6 heteroatoms. The molecule has 20 heavy (non-hydrogen) atoms. The normalized spacial score (nSPS) is 11.2. The second-order valence-corrected chi connectivity index (χ2v) is 4.10. The monoisotopic (exact) mass is 284 g/mol. The largest absolute Gasteiger partial charge is 0.400 e. The number of hydrogen-bond acceptors (Lipinski definition) is 6. The number of aldehydes is 1. The van der Waals surface area contributed by atoms with Crippen molar-refractivity contribution in [3.05, 3.63) is 29.8 Å². The molecule has 0 amide bonds. The molecule has 114 valence electrons. The van der Waals surface area contributed by atoms with Gasteiger partial charge in [-0.25, -0.2) is 0 Å². The van der Waals surface area contributed by atoms with E-state index in [1.54, 1.807) is 0 Å². The van der Waals surface area contributed by atoms with Crippen LogP contribution in [0, 0.1) is 0 Å². The third-order valence-corrected chi connectivity index (χ3v) is 2.69. The Morgan fingerprint density at radius 3 is 2.05 bits per heavy atom. The first-order valence-electron chi connectivity index (χ1n) is 6.42. The number of carbonyl (C=O) groups is 1. The Bertz CT molecular complexity index is 351. The van der Waals surface area contributed by atoms with E-state index in [9.17, 15) is 4.79 Å². The van der Waals surface area contributed by atoms with Crippen molar-refractivity contribution in [3.8, 4) is 0 Å². The zero-order chi connectivity index (χ0) is 15.4. The van der Waals surface area contributed by atoms with Crippen LogP contribution in [-0.2, 0) is 11.2 Å². The zero-order valence-electron chi connectivity index (χ0n) is 11.8. The molecule has 0 aliphatic carbocycles. The molecular weight excluding hydrogens is 260 g/mol. The molecule has 1 atom stereocenters. The molecule has 0 spiro atoms. The minimum absolute atomic E-state index is 0.0395. The zero-order valence-corrected chi connectivity index (χ0v) is 11.8. The fraction of sp³-hybridized carbons (Fsp3) is 0.500. The van der Waals surface area contributed by atoms with E-state index in [0.29, 0.717) is 19.5 Å². The van der Waals surface area contributed by atoms with Gasteiger partial charge in [0.2, 0.25) is 0 Å². The second kappa shape index (κ2) is 11.4. The van der Waals surface area contributed by atoms with Gasteiger partial charge in [0.1, 0.15) is 6.29 Å². The fourth-order valence-corrected chi connectivity index (χ4v) is 1.77. The van der Waals surface area contributed by atoms with Crippen molar-refractivity contribution in [2.75, 3.05) is 38.3 Å². The smallest absolute Gasteiger partial charge is 0.137 e. The summed E-state index contributed by atoms with van der Waals surface area (Å²) in [5.74, 6) is 0. The summed E-state index contributed by atoms with van der Waals surface area (Å²) >= 11 is 0. The molecule has 1 aromatic carbocycles. The van der Waals surface area contributed by atoms with Crippen LogP contribution in [0.15, 0.2) is 24.3 Å². The minimum Gasteiger partial charge on any atom is -0.400 e. The maximum absolute atomic E-state index is 10.5. The van der Waals surface area contributed by atoms with Crippen LogP contribution in [0.2, 0.25) is 0 Å². The van der Waals surface area contributed by atoms with E-state index in [1.807, 2.05) is 29.2 Å². The average Bonchev–Trinajstić information content (AvgIpc) is 2.50. The molecule has 1 aromatic rings. The molecule has 0 aliphatic heterocycles. The number of nitrogens with zero attached hydrogens (tertiary/aromatic N) is 1. The molecule has 6 nitrogen and oxygen atoms in total. The molecule has 0 heterocycles. The van der Waals surface area contributed by atoms with Crippen molar-refractivity contribution < 1.29 is 20.1 Å². The van der Waals surface area contributed by atoms with Gasteiger partial charge in [-0.05, 0) is 24.1 Å². The van der Waals surface area contributed by atoms with Gasteiger partial charge in [0.25, 0.3) is 0 Å². The van der Waals surface area contributed by atoms with Crippen LogP contribution >= 0.6 is 0 Å². The number of benzene rings is 1. The van der Waals surface area contributed by atoms with E-state index in [1.165, 1.54) is 0 Å². The molecule has 5 N–H and O–H groups in total. The molecule has 0 aromatic heterocycles. The number of rotatable bonds is 8. The topological polar surface area (TPSA) is 107 Å². The summed E-state index contributed by atoms with van der Waals surface area (Å²) in [6, 6.07) is 7.14. The van der Waals surface area contributed by atoms with Gasteiger partial charge < -0.3 is 30.7 Å². The van der Waals surface area contributed by atoms with Crippen LogP contribution in [0.25, 0.3) is 0 Å². The van der Waals surface area contributed by atoms with Crippen molar-refractivity contribution >= 4 is 12.0 Å². The Morgan fingerprint density at radius 1 is 1.15 bits per heavy atom. The molecule has 0 radical (unpaired) electrons. The van der Waals surface area contributed by atoms with Gasteiger partial charge in [0.05, 0.1) is 19.3 Å². The van der Waals surface area contributed by atoms with Crippen LogP contribution in [0.5, 0.6) is 0 Å². The van der Waals surface area contributed by atoms with Crippen molar-refractivity contribution in [1.29, 1.82) is 0 Å². The minimum atomic E-state index is -0.471. The van der Waals surface area contributed by atoms with E-state index in [2.05, 4.69) is 0 Å². The van der Waals surface area contributed by atoms with Gasteiger partial charge in [0, 0.05) is 25.9 Å². The van der Waals surface area contributed by atoms with E-state index in [0.717, 1.165) is 24.6 Å². The molecule has 1 rings (SSSR count). The Morgan fingerprint density at radius 2 is 1.65 bits per heavy atom. The van der Waals surface area contributed by atoms with Crippen LogP contribution in [-0.4, -0.2) is 61.1 Å². The van der Waals surface area contributed by atoms with Gasteiger partial charge in [0.15, 0.2) is 0 Å². The summed E-state index contributed by atoms with van der Waals surface area (Å²) < 4.78 is 0. The average molecular weight is 284 g/mol. The van der Waals surface area contributed by atoms with Gasteiger partial charge in [-0.2, -0.15) is 0 Å². The lowest BCUT2D eigenvalue weighted by molar-refractivity contribution is -0.108. The van der Waals surface area contributed by atoms with Crippen molar-refractivity contribution in [3.63, 3.8) is 0 Å². The van der Waals surface area contributed by atoms with Crippen molar-refractivity contribution in [2.45, 2.75) is 12.5 Å². The summed E-state index contributed by atoms with van der Waals surface area (Å²) in [6.45, 7) is 1.04. The lowest BCUT2D eigenvalue weighted by Gasteiger charge is -2.23. The van der Waals surface area contributed by atoms with Gasteiger partial charge >= 0.3 is 0 Å². The highest BCUT2D eigenvalue weighted by atomic mass is 16.3. The first-order chi connectivity index (χ1) is 9.71. The standard InChI is InChI=1S/C13H20N2O3.CH4O/c14-12(10-18)9-11-1-3-13(4-2-11)15(5-7-16)6-8-17;1-2/h1-4,10,12,16-17H,5-9,14H2;2H,1H3. The molecule has 0 saturated carbocycles. The number of anilines is 1. The first kappa shape index (κ1) is 18.5. The molecule has 1 unspecified atom stereocenters. The molecular formula is C14H24N2O4. The SMILES string of the molecule is CO.NC(C=O)Cc1ccc(N(CCO)CCO)cc1. The summed E-state index contributed by atoms with van der Waals surface area (Å²) in [5.41, 5.74) is 7.48. The predicted octanol–water partition coefficient (Wildman–Crippen LogP) is -0.845. The molecule has 0 saturated heterocycles. The Balaban J connectivity index is 0.00000172. The summed E-state index contributed by atoms with van der Waals surface area (Å²) in [6.07, 6.45) is 1.25. The summed E-state index contributed by atoms with van der Waals surface area (Å²) in [5, 5.41) is 24.9. The van der Waals surface area contributed by atoms with E-state index in [-0.39, 0.29) is 13.2 Å². The lowest BCUT2D eigenvalue weighted by Crippen LogP contribution is -2.29. The number of aliphatic hydroxyl groups is 3. The number of aliphatic hydroxyl groups excluding tert-OH is 3. The molecule has 0 bridgehead atoms. The number of carbonyl (C=O) groups excluding carboxylic acids is 1. The predicted molar refractivity (Wildman–Crippen MR) is 78.7 cm³/mol. The highest BCUT2D eigenvalue weighted by molar-refractivity contribution is 5.58. The van der Waals surface area contributed by atoms with Crippen molar-refractivity contribution in [2.24, 2.45) is 5.73 Å². The van der Waals surface area contributed by atoms with Crippen molar-refractivity contribution in [1.82, 2.24) is 0 Å². The van der Waals surface area contributed by atoms with Crippen LogP contribution < -0.4 is 10.6 Å². The van der Waals surface area contributed by atoms with Gasteiger partial charge in [-0.1, -0.05) is 12.1 Å². The molecule has 0 fully saturated rings. The van der Waals surface area contributed by atoms with Crippen LogP contribution in [0.4, 0.5) is 5.69 Å². The van der Waals surface area contributed by atoms with Crippen LogP contribution in [0.1, 0.15) is 5.56 Å². The number of nitrogens with two attached hydrogens (primary N) is 1.